The number of nitrogens with two attached hydrogens (primary N) is 1. The van der Waals surface area contributed by atoms with E-state index in [4.69, 9.17) is 5.73 Å². The van der Waals surface area contributed by atoms with Crippen LogP contribution in [-0.2, 0) is 14.4 Å². The molecule has 1 aliphatic carbocycles. The summed E-state index contributed by atoms with van der Waals surface area (Å²) in [6.07, 6.45) is 2.60. The molecule has 1 aliphatic heterocycles. The number of hydrogen-bond donors (Lipinski definition) is 2. The van der Waals surface area contributed by atoms with Crippen LogP contribution in [0.1, 0.15) is 32.1 Å². The minimum absolute atomic E-state index is 0.0460. The molecule has 1 unspecified atom stereocenters. The summed E-state index contributed by atoms with van der Waals surface area (Å²) in [6, 6.07) is 0. The van der Waals surface area contributed by atoms with Gasteiger partial charge in [-0.15, -0.1) is 0 Å². The summed E-state index contributed by atoms with van der Waals surface area (Å²) in [6.45, 7) is 0.153. The van der Waals surface area contributed by atoms with Crippen LogP contribution in [0.25, 0.3) is 0 Å². The van der Waals surface area contributed by atoms with Crippen LogP contribution in [0, 0.1) is 5.92 Å². The van der Waals surface area contributed by atoms with E-state index >= 15 is 0 Å². The molecule has 94 valence electrons. The van der Waals surface area contributed by atoms with Crippen LogP contribution in [0.5, 0.6) is 0 Å². The zero-order valence-electron chi connectivity index (χ0n) is 9.52. The Morgan fingerprint density at radius 2 is 1.94 bits per heavy atom. The first-order valence-electron chi connectivity index (χ1n) is 5.80. The normalized spacial score (nSPS) is 27.4. The van der Waals surface area contributed by atoms with Gasteiger partial charge in [-0.1, -0.05) is 12.8 Å². The lowest BCUT2D eigenvalue weighted by molar-refractivity contribution is -0.156. The molecule has 3 N–H and O–H groups in total. The van der Waals surface area contributed by atoms with Gasteiger partial charge < -0.3 is 15.7 Å². The first-order valence-corrected chi connectivity index (χ1v) is 5.80. The minimum atomic E-state index is -1.10. The molecule has 0 radical (unpaired) electrons. The molecule has 2 amide bonds. The van der Waals surface area contributed by atoms with Gasteiger partial charge in [-0.05, 0) is 12.8 Å². The van der Waals surface area contributed by atoms with Gasteiger partial charge in [0.2, 0.25) is 11.8 Å². The van der Waals surface area contributed by atoms with Crippen LogP contribution in [0.15, 0.2) is 0 Å². The maximum absolute atomic E-state index is 11.8. The fourth-order valence-corrected chi connectivity index (χ4v) is 2.87. The largest absolute Gasteiger partial charge is 0.479 e. The van der Waals surface area contributed by atoms with Gasteiger partial charge in [-0.2, -0.15) is 0 Å². The summed E-state index contributed by atoms with van der Waals surface area (Å²) < 4.78 is 0. The summed E-state index contributed by atoms with van der Waals surface area (Å²) in [5, 5.41) is 9.36. The Morgan fingerprint density at radius 3 is 2.35 bits per heavy atom. The van der Waals surface area contributed by atoms with E-state index in [0.717, 1.165) is 12.8 Å². The Kier molecular flexibility index (Phi) is 2.81. The average molecular weight is 240 g/mol. The van der Waals surface area contributed by atoms with Crippen molar-refractivity contribution in [1.29, 1.82) is 0 Å². The number of hydrogen-bond acceptors (Lipinski definition) is 3. The van der Waals surface area contributed by atoms with E-state index in [2.05, 4.69) is 0 Å². The first kappa shape index (κ1) is 11.9. The number of amides is 2. The SMILES string of the molecule is NC(=O)C1CC(=O)N(C2(C(=O)O)CCCC2)C1. The van der Waals surface area contributed by atoms with E-state index in [1.54, 1.807) is 0 Å². The molecule has 1 heterocycles. The molecule has 2 rings (SSSR count). The average Bonchev–Trinajstić information content (AvgIpc) is 2.84. The van der Waals surface area contributed by atoms with Gasteiger partial charge in [-0.25, -0.2) is 4.79 Å². The van der Waals surface area contributed by atoms with Crippen molar-refractivity contribution >= 4 is 17.8 Å². The van der Waals surface area contributed by atoms with Crippen molar-refractivity contribution < 1.29 is 19.5 Å². The highest BCUT2D eigenvalue weighted by Gasteiger charge is 2.52. The van der Waals surface area contributed by atoms with Crippen LogP contribution in [0.4, 0.5) is 0 Å². The number of nitrogens with zero attached hydrogens (tertiary/aromatic N) is 1. The van der Waals surface area contributed by atoms with E-state index in [1.807, 2.05) is 0 Å². The Morgan fingerprint density at radius 1 is 1.35 bits per heavy atom. The molecule has 0 aromatic heterocycles. The second-order valence-corrected chi connectivity index (χ2v) is 4.85. The summed E-state index contributed by atoms with van der Waals surface area (Å²) in [5.74, 6) is -2.30. The molecule has 0 aromatic carbocycles. The van der Waals surface area contributed by atoms with E-state index in [1.165, 1.54) is 4.90 Å². The Balaban J connectivity index is 2.24. The predicted molar refractivity (Wildman–Crippen MR) is 57.8 cm³/mol. The highest BCUT2D eigenvalue weighted by atomic mass is 16.4. The summed E-state index contributed by atoms with van der Waals surface area (Å²) in [4.78, 5) is 35.7. The molecular weight excluding hydrogens is 224 g/mol. The zero-order valence-corrected chi connectivity index (χ0v) is 9.52. The number of carbonyl (C=O) groups is 3. The quantitative estimate of drug-likeness (QED) is 0.708. The molecule has 0 aromatic rings. The van der Waals surface area contributed by atoms with Gasteiger partial charge in [0, 0.05) is 13.0 Å². The van der Waals surface area contributed by atoms with E-state index in [0.29, 0.717) is 12.8 Å². The Labute approximate surface area is 98.8 Å². The third-order valence-corrected chi connectivity index (χ3v) is 3.87. The lowest BCUT2D eigenvalue weighted by Crippen LogP contribution is -2.53. The number of carboxylic acid groups (broad SMARTS) is 1. The first-order chi connectivity index (χ1) is 7.97. The van der Waals surface area contributed by atoms with Crippen molar-refractivity contribution in [2.75, 3.05) is 6.54 Å². The Bertz CT molecular complexity index is 374. The molecule has 6 heteroatoms. The monoisotopic (exact) mass is 240 g/mol. The highest BCUT2D eigenvalue weighted by molar-refractivity contribution is 5.93. The Hall–Kier alpha value is -1.59. The van der Waals surface area contributed by atoms with Crippen molar-refractivity contribution in [2.24, 2.45) is 11.7 Å². The summed E-state index contributed by atoms with van der Waals surface area (Å²) in [5.41, 5.74) is 4.08. The molecule has 0 spiro atoms. The number of carboxylic acids is 1. The van der Waals surface area contributed by atoms with Crippen molar-refractivity contribution in [1.82, 2.24) is 4.90 Å². The van der Waals surface area contributed by atoms with E-state index in [9.17, 15) is 19.5 Å². The van der Waals surface area contributed by atoms with Gasteiger partial charge in [0.15, 0.2) is 0 Å². The second kappa shape index (κ2) is 4.01. The number of likely N-dealkylation sites (tertiary alicyclic amines) is 1. The number of primary amides is 1. The standard InChI is InChI=1S/C11H16N2O4/c12-9(15)7-5-8(14)13(6-7)11(10(16)17)3-1-2-4-11/h7H,1-6H2,(H2,12,15)(H,16,17). The highest BCUT2D eigenvalue weighted by Crippen LogP contribution is 2.39. The van der Waals surface area contributed by atoms with E-state index < -0.39 is 23.3 Å². The third kappa shape index (κ3) is 1.77. The summed E-state index contributed by atoms with van der Waals surface area (Å²) in [7, 11) is 0. The zero-order chi connectivity index (χ0) is 12.6. The molecule has 1 atom stereocenters. The van der Waals surface area contributed by atoms with Crippen LogP contribution < -0.4 is 5.73 Å². The van der Waals surface area contributed by atoms with Crippen molar-refractivity contribution in [2.45, 2.75) is 37.6 Å². The number of carbonyl (C=O) groups excluding carboxylic acids is 2. The molecule has 1 saturated carbocycles. The van der Waals surface area contributed by atoms with Gasteiger partial charge in [0.25, 0.3) is 0 Å². The van der Waals surface area contributed by atoms with Crippen molar-refractivity contribution in [3.63, 3.8) is 0 Å². The molecule has 2 fully saturated rings. The third-order valence-electron chi connectivity index (χ3n) is 3.87. The molecule has 6 nitrogen and oxygen atoms in total. The van der Waals surface area contributed by atoms with Crippen molar-refractivity contribution in [3.05, 3.63) is 0 Å². The van der Waals surface area contributed by atoms with E-state index in [-0.39, 0.29) is 18.9 Å². The predicted octanol–water partition coefficient (Wildman–Crippen LogP) is -0.282. The molecule has 0 bridgehead atoms. The maximum atomic E-state index is 11.8. The number of aliphatic carboxylic acids is 1. The molecule has 2 aliphatic rings. The van der Waals surface area contributed by atoms with Gasteiger partial charge in [-0.3, -0.25) is 9.59 Å². The topological polar surface area (TPSA) is 101 Å². The molecular formula is C11H16N2O4. The smallest absolute Gasteiger partial charge is 0.329 e. The minimum Gasteiger partial charge on any atom is -0.479 e. The van der Waals surface area contributed by atoms with Crippen LogP contribution >= 0.6 is 0 Å². The van der Waals surface area contributed by atoms with Crippen LogP contribution in [-0.4, -0.2) is 39.9 Å². The summed E-state index contributed by atoms with van der Waals surface area (Å²) >= 11 is 0. The fraction of sp³-hybridized carbons (Fsp3) is 0.727. The lowest BCUT2D eigenvalue weighted by Gasteiger charge is -2.34. The lowest BCUT2D eigenvalue weighted by atomic mass is 9.95. The van der Waals surface area contributed by atoms with Gasteiger partial charge in [0.05, 0.1) is 5.92 Å². The number of rotatable bonds is 3. The molecule has 17 heavy (non-hydrogen) atoms. The van der Waals surface area contributed by atoms with Gasteiger partial charge in [0.1, 0.15) is 5.54 Å². The fourth-order valence-electron chi connectivity index (χ4n) is 2.87. The molecule has 1 saturated heterocycles. The van der Waals surface area contributed by atoms with Crippen molar-refractivity contribution in [3.8, 4) is 0 Å². The van der Waals surface area contributed by atoms with Gasteiger partial charge >= 0.3 is 5.97 Å². The van der Waals surface area contributed by atoms with Crippen LogP contribution in [0.3, 0.4) is 0 Å². The second-order valence-electron chi connectivity index (χ2n) is 4.85. The van der Waals surface area contributed by atoms with Crippen LogP contribution in [0.2, 0.25) is 0 Å². The maximum Gasteiger partial charge on any atom is 0.329 e.